The number of likely N-dealkylation sites (tertiary alicyclic amines) is 1. The second kappa shape index (κ2) is 11.8. The van der Waals surface area contributed by atoms with Gasteiger partial charge in [0.25, 0.3) is 0 Å². The summed E-state index contributed by atoms with van der Waals surface area (Å²) in [5.41, 5.74) is 4.49. The van der Waals surface area contributed by atoms with Crippen LogP contribution in [0.2, 0.25) is 0 Å². The molecule has 1 fully saturated rings. The van der Waals surface area contributed by atoms with E-state index in [1.54, 1.807) is 0 Å². The summed E-state index contributed by atoms with van der Waals surface area (Å²) in [4.78, 5) is 19.6. The Balaban J connectivity index is 1.29. The summed E-state index contributed by atoms with van der Waals surface area (Å²) in [5, 5.41) is 4.96. The predicted octanol–water partition coefficient (Wildman–Crippen LogP) is 6.67. The first-order valence-electron chi connectivity index (χ1n) is 12.4. The molecule has 1 unspecified atom stereocenters. The number of piperidine rings is 1. The fourth-order valence-electron chi connectivity index (χ4n) is 4.91. The molecule has 0 saturated carbocycles. The zero-order valence-corrected chi connectivity index (χ0v) is 22.3. The molecular formula is C30H30IN3O2. The molecular weight excluding hydrogens is 561 g/mol. The molecule has 4 aromatic rings. The number of amides is 1. The number of benzene rings is 3. The topological polar surface area (TPSA) is 54.5 Å². The highest BCUT2D eigenvalue weighted by Gasteiger charge is 2.37. The minimum atomic E-state index is -0.236. The van der Waals surface area contributed by atoms with E-state index in [1.807, 2.05) is 53.6 Å². The van der Waals surface area contributed by atoms with Crippen molar-refractivity contribution in [3.8, 4) is 0 Å². The van der Waals surface area contributed by atoms with Crippen LogP contribution in [0.4, 0.5) is 4.79 Å². The van der Waals surface area contributed by atoms with Gasteiger partial charge in [-0.15, -0.1) is 0 Å². The number of carbonyl (C=O) groups is 1. The quantitative estimate of drug-likeness (QED) is 0.193. The molecule has 1 saturated heterocycles. The maximum Gasteiger partial charge on any atom is 0.410 e. The van der Waals surface area contributed by atoms with E-state index in [0.717, 1.165) is 30.5 Å². The molecule has 2 heterocycles. The number of nitrogens with one attached hydrogen (secondary N) is 1. The van der Waals surface area contributed by atoms with Crippen molar-refractivity contribution in [3.05, 3.63) is 114 Å². The van der Waals surface area contributed by atoms with Gasteiger partial charge in [-0.1, -0.05) is 101 Å². The maximum atomic E-state index is 13.2. The van der Waals surface area contributed by atoms with Gasteiger partial charge in [-0.25, -0.2) is 4.79 Å². The highest BCUT2D eigenvalue weighted by atomic mass is 127. The Morgan fingerprint density at radius 1 is 1.00 bits per heavy atom. The van der Waals surface area contributed by atoms with Crippen LogP contribution >= 0.6 is 22.6 Å². The second-order valence-corrected chi connectivity index (χ2v) is 10.5. The number of carbonyl (C=O) groups excluding carboxylic acids is 1. The van der Waals surface area contributed by atoms with Crippen molar-refractivity contribution in [1.29, 1.82) is 0 Å². The van der Waals surface area contributed by atoms with Gasteiger partial charge in [0.15, 0.2) is 0 Å². The van der Waals surface area contributed by atoms with Gasteiger partial charge < -0.3 is 15.0 Å². The van der Waals surface area contributed by atoms with Gasteiger partial charge in [-0.3, -0.25) is 4.98 Å². The number of halogens is 1. The van der Waals surface area contributed by atoms with Crippen LogP contribution in [0, 0.1) is 0 Å². The first-order chi connectivity index (χ1) is 17.7. The first-order valence-corrected chi connectivity index (χ1v) is 13.7. The summed E-state index contributed by atoms with van der Waals surface area (Å²) >= 11 is 2.49. The molecule has 0 radical (unpaired) electrons. The Morgan fingerprint density at radius 2 is 1.72 bits per heavy atom. The average Bonchev–Trinajstić information content (AvgIpc) is 2.95. The zero-order chi connectivity index (χ0) is 24.7. The molecule has 5 rings (SSSR count). The normalized spacial score (nSPS) is 18.6. The van der Waals surface area contributed by atoms with Crippen LogP contribution in [-0.2, 0) is 17.9 Å². The van der Waals surface area contributed by atoms with Gasteiger partial charge in [0, 0.05) is 30.7 Å². The van der Waals surface area contributed by atoms with E-state index < -0.39 is 0 Å². The molecule has 184 valence electrons. The van der Waals surface area contributed by atoms with Crippen molar-refractivity contribution < 1.29 is 9.53 Å². The number of rotatable bonds is 7. The lowest BCUT2D eigenvalue weighted by molar-refractivity contribution is 0.0619. The van der Waals surface area contributed by atoms with Gasteiger partial charge in [0.1, 0.15) is 6.61 Å². The first kappa shape index (κ1) is 24.7. The number of hydrogen-bond acceptors (Lipinski definition) is 4. The standard InChI is InChI=1S/C30H30IN3O2/c31-29(23-11-5-2-6-12-23)28-19-25(33-20-24-15-17-32-27-14-8-7-13-26(24)27)16-18-34(28)30(35)36-21-22-9-3-1-4-10-22/h1-15,17,25,28-29,33H,16,18-21H2/t25-,28+,29?/m0/s1. The van der Waals surface area contributed by atoms with E-state index in [-0.39, 0.29) is 22.7 Å². The third-order valence-corrected chi connectivity index (χ3v) is 8.41. The van der Waals surface area contributed by atoms with E-state index in [0.29, 0.717) is 12.6 Å². The molecule has 36 heavy (non-hydrogen) atoms. The number of alkyl halides is 1. The summed E-state index contributed by atoms with van der Waals surface area (Å²) in [5.74, 6) is 0. The molecule has 0 spiro atoms. The number of aromatic nitrogens is 1. The third kappa shape index (κ3) is 5.87. The molecule has 0 aliphatic carbocycles. The Bertz CT molecular complexity index is 1280. The Kier molecular flexibility index (Phi) is 8.13. The maximum absolute atomic E-state index is 13.2. The Hall–Kier alpha value is -2.97. The molecule has 3 atom stereocenters. The van der Waals surface area contributed by atoms with Crippen LogP contribution in [0.15, 0.2) is 97.2 Å². The van der Waals surface area contributed by atoms with Crippen LogP contribution < -0.4 is 5.32 Å². The Labute approximate surface area is 226 Å². The lowest BCUT2D eigenvalue weighted by Crippen LogP contribution is -2.52. The van der Waals surface area contributed by atoms with Crippen molar-refractivity contribution in [2.75, 3.05) is 6.54 Å². The van der Waals surface area contributed by atoms with E-state index >= 15 is 0 Å². The lowest BCUT2D eigenvalue weighted by Gasteiger charge is -2.41. The van der Waals surface area contributed by atoms with Crippen LogP contribution in [-0.4, -0.2) is 34.6 Å². The van der Waals surface area contributed by atoms with Crippen molar-refractivity contribution in [2.45, 2.75) is 42.0 Å². The smallest absolute Gasteiger partial charge is 0.410 e. The molecule has 1 N–H and O–H groups in total. The number of para-hydroxylation sites is 1. The van der Waals surface area contributed by atoms with Gasteiger partial charge >= 0.3 is 6.09 Å². The predicted molar refractivity (Wildman–Crippen MR) is 152 cm³/mol. The highest BCUT2D eigenvalue weighted by molar-refractivity contribution is 14.1. The average molecular weight is 591 g/mol. The minimum Gasteiger partial charge on any atom is -0.445 e. The van der Waals surface area contributed by atoms with Crippen LogP contribution in [0.5, 0.6) is 0 Å². The highest BCUT2D eigenvalue weighted by Crippen LogP contribution is 2.36. The van der Waals surface area contributed by atoms with Crippen molar-refractivity contribution in [1.82, 2.24) is 15.2 Å². The molecule has 3 aromatic carbocycles. The van der Waals surface area contributed by atoms with Crippen molar-refractivity contribution >= 4 is 39.6 Å². The fourth-order valence-corrected chi connectivity index (χ4v) is 6.01. The van der Waals surface area contributed by atoms with Crippen LogP contribution in [0.1, 0.15) is 33.5 Å². The molecule has 1 aliphatic rings. The molecule has 1 amide bonds. The van der Waals surface area contributed by atoms with Crippen molar-refractivity contribution in [3.63, 3.8) is 0 Å². The second-order valence-electron chi connectivity index (χ2n) is 9.20. The summed E-state index contributed by atoms with van der Waals surface area (Å²) in [6.07, 6.45) is 3.40. The third-order valence-electron chi connectivity index (χ3n) is 6.86. The molecule has 1 aliphatic heterocycles. The van der Waals surface area contributed by atoms with Gasteiger partial charge in [0.05, 0.1) is 15.5 Å². The van der Waals surface area contributed by atoms with Gasteiger partial charge in [0.2, 0.25) is 0 Å². The number of nitrogens with zero attached hydrogens (tertiary/aromatic N) is 2. The van der Waals surface area contributed by atoms with E-state index in [9.17, 15) is 4.79 Å². The van der Waals surface area contributed by atoms with Gasteiger partial charge in [-0.05, 0) is 41.7 Å². The lowest BCUT2D eigenvalue weighted by atomic mass is 9.92. The summed E-state index contributed by atoms with van der Waals surface area (Å²) in [7, 11) is 0. The number of fused-ring (bicyclic) bond motifs is 1. The summed E-state index contributed by atoms with van der Waals surface area (Å²) in [6, 6.07) is 31.0. The van der Waals surface area contributed by atoms with Crippen molar-refractivity contribution in [2.24, 2.45) is 0 Å². The molecule has 6 heteroatoms. The van der Waals surface area contributed by atoms with E-state index in [2.05, 4.69) is 81.4 Å². The molecule has 5 nitrogen and oxygen atoms in total. The molecule has 0 bridgehead atoms. The largest absolute Gasteiger partial charge is 0.445 e. The monoisotopic (exact) mass is 591 g/mol. The number of hydrogen-bond donors (Lipinski definition) is 1. The number of pyridine rings is 1. The Morgan fingerprint density at radius 3 is 2.53 bits per heavy atom. The molecule has 1 aromatic heterocycles. The van der Waals surface area contributed by atoms with Gasteiger partial charge in [-0.2, -0.15) is 0 Å². The van der Waals surface area contributed by atoms with E-state index in [4.69, 9.17) is 4.74 Å². The number of ether oxygens (including phenoxy) is 1. The van der Waals surface area contributed by atoms with Crippen LogP contribution in [0.3, 0.4) is 0 Å². The van der Waals surface area contributed by atoms with E-state index in [1.165, 1.54) is 16.5 Å². The zero-order valence-electron chi connectivity index (χ0n) is 20.1. The SMILES string of the molecule is O=C(OCc1ccccc1)N1CC[C@H](NCc2ccnc3ccccc23)C[C@@H]1C(I)c1ccccc1. The fraction of sp³-hybridized carbons (Fsp3) is 0.267. The summed E-state index contributed by atoms with van der Waals surface area (Å²) in [6.45, 7) is 1.73. The van der Waals surface area contributed by atoms with Crippen LogP contribution in [0.25, 0.3) is 10.9 Å². The minimum absolute atomic E-state index is 0.0386. The summed E-state index contributed by atoms with van der Waals surface area (Å²) < 4.78 is 5.92.